The molecule has 0 aromatic carbocycles. The lowest BCUT2D eigenvalue weighted by molar-refractivity contribution is -0.0233. The number of amidine groups is 1. The van der Waals surface area contributed by atoms with Crippen molar-refractivity contribution in [3.8, 4) is 0 Å². The second kappa shape index (κ2) is 4.78. The van der Waals surface area contributed by atoms with Gasteiger partial charge in [-0.25, -0.2) is 0 Å². The molecule has 0 spiro atoms. The van der Waals surface area contributed by atoms with E-state index in [1.807, 2.05) is 6.92 Å². The number of hydrogen-bond acceptors (Lipinski definition) is 2. The summed E-state index contributed by atoms with van der Waals surface area (Å²) in [5, 5.41) is 8.14. The minimum atomic E-state index is -0.329. The molecule has 1 heterocycles. The highest BCUT2D eigenvalue weighted by Gasteiger charge is 2.34. The zero-order chi connectivity index (χ0) is 10.6. The van der Waals surface area contributed by atoms with Crippen LogP contribution >= 0.6 is 0 Å². The van der Waals surface area contributed by atoms with E-state index in [1.165, 1.54) is 6.42 Å². The molecule has 3 heteroatoms. The Morgan fingerprint density at radius 2 is 2.00 bits per heavy atom. The summed E-state index contributed by atoms with van der Waals surface area (Å²) in [5.41, 5.74) is -0.329. The Balaban J connectivity index is 2.64. The number of rotatable bonds is 3. The molecule has 1 unspecified atom stereocenters. The van der Waals surface area contributed by atoms with Crippen LogP contribution in [-0.4, -0.2) is 36.0 Å². The van der Waals surface area contributed by atoms with Crippen LogP contribution < -0.4 is 0 Å². The molecule has 0 saturated carbocycles. The Morgan fingerprint density at radius 1 is 1.36 bits per heavy atom. The van der Waals surface area contributed by atoms with E-state index in [4.69, 9.17) is 10.1 Å². The molecule has 1 aliphatic heterocycles. The second-order valence-electron chi connectivity index (χ2n) is 4.06. The van der Waals surface area contributed by atoms with E-state index < -0.39 is 0 Å². The van der Waals surface area contributed by atoms with Crippen molar-refractivity contribution in [1.82, 2.24) is 4.90 Å². The van der Waals surface area contributed by atoms with Crippen molar-refractivity contribution in [2.45, 2.75) is 45.6 Å². The van der Waals surface area contributed by atoms with E-state index in [-0.39, 0.29) is 5.60 Å². The van der Waals surface area contributed by atoms with Gasteiger partial charge in [0.1, 0.15) is 11.4 Å². The van der Waals surface area contributed by atoms with Gasteiger partial charge in [-0.05, 0) is 40.0 Å². The zero-order valence-corrected chi connectivity index (χ0v) is 9.60. The van der Waals surface area contributed by atoms with Crippen LogP contribution in [0, 0.1) is 5.41 Å². The molecular formula is C11H22N2O. The first-order chi connectivity index (χ1) is 6.64. The molecule has 0 aliphatic carbocycles. The van der Waals surface area contributed by atoms with E-state index in [2.05, 4.69) is 18.7 Å². The van der Waals surface area contributed by atoms with Crippen LogP contribution in [0.1, 0.15) is 40.0 Å². The van der Waals surface area contributed by atoms with E-state index >= 15 is 0 Å². The third-order valence-electron chi connectivity index (χ3n) is 3.05. The van der Waals surface area contributed by atoms with Gasteiger partial charge in [0.05, 0.1) is 0 Å². The standard InChI is InChI=1S/C11H22N2O/c1-4-13(5-2)10(12)11(3)8-6-7-9-14-11/h12H,4-9H2,1-3H3. The van der Waals surface area contributed by atoms with Gasteiger partial charge in [0, 0.05) is 19.7 Å². The van der Waals surface area contributed by atoms with Gasteiger partial charge in [0.2, 0.25) is 0 Å². The minimum absolute atomic E-state index is 0.329. The summed E-state index contributed by atoms with van der Waals surface area (Å²) in [5.74, 6) is 0.655. The second-order valence-corrected chi connectivity index (χ2v) is 4.06. The first kappa shape index (κ1) is 11.5. The van der Waals surface area contributed by atoms with Crippen LogP contribution in [-0.2, 0) is 4.74 Å². The van der Waals surface area contributed by atoms with Gasteiger partial charge in [-0.1, -0.05) is 0 Å². The van der Waals surface area contributed by atoms with Crippen molar-refractivity contribution in [2.75, 3.05) is 19.7 Å². The molecule has 0 amide bonds. The monoisotopic (exact) mass is 198 g/mol. The molecule has 1 aliphatic rings. The van der Waals surface area contributed by atoms with Crippen molar-refractivity contribution in [1.29, 1.82) is 5.41 Å². The highest BCUT2D eigenvalue weighted by Crippen LogP contribution is 2.26. The summed E-state index contributed by atoms with van der Waals surface area (Å²) < 4.78 is 5.75. The van der Waals surface area contributed by atoms with Gasteiger partial charge >= 0.3 is 0 Å². The fraction of sp³-hybridized carbons (Fsp3) is 0.909. The summed E-state index contributed by atoms with van der Waals surface area (Å²) in [6.07, 6.45) is 3.31. The van der Waals surface area contributed by atoms with Gasteiger partial charge < -0.3 is 9.64 Å². The van der Waals surface area contributed by atoms with E-state index in [0.717, 1.165) is 32.5 Å². The van der Waals surface area contributed by atoms with Crippen molar-refractivity contribution < 1.29 is 4.74 Å². The molecule has 1 N–H and O–H groups in total. The fourth-order valence-electron chi connectivity index (χ4n) is 2.00. The van der Waals surface area contributed by atoms with Crippen LogP contribution in [0.3, 0.4) is 0 Å². The third kappa shape index (κ3) is 2.27. The molecule has 82 valence electrons. The molecule has 0 aromatic rings. The first-order valence-electron chi connectivity index (χ1n) is 5.62. The summed E-state index contributed by atoms with van der Waals surface area (Å²) in [4.78, 5) is 2.07. The minimum Gasteiger partial charge on any atom is -0.367 e. The number of nitrogens with zero attached hydrogens (tertiary/aromatic N) is 1. The summed E-state index contributed by atoms with van der Waals surface area (Å²) in [6, 6.07) is 0. The van der Waals surface area contributed by atoms with Crippen molar-refractivity contribution in [2.24, 2.45) is 0 Å². The lowest BCUT2D eigenvalue weighted by Crippen LogP contribution is -2.49. The third-order valence-corrected chi connectivity index (χ3v) is 3.05. The number of nitrogens with one attached hydrogen (secondary N) is 1. The maximum absolute atomic E-state index is 8.14. The number of likely N-dealkylation sites (N-methyl/N-ethyl adjacent to an activating group) is 1. The lowest BCUT2D eigenvalue weighted by Gasteiger charge is -2.38. The molecule has 1 fully saturated rings. The van der Waals surface area contributed by atoms with E-state index in [9.17, 15) is 0 Å². The van der Waals surface area contributed by atoms with Crippen molar-refractivity contribution in [3.63, 3.8) is 0 Å². The Bertz CT molecular complexity index is 193. The average Bonchev–Trinajstić information content (AvgIpc) is 2.20. The van der Waals surface area contributed by atoms with Crippen LogP contribution in [0.25, 0.3) is 0 Å². The maximum atomic E-state index is 8.14. The topological polar surface area (TPSA) is 36.3 Å². The molecule has 0 bridgehead atoms. The van der Waals surface area contributed by atoms with Gasteiger partial charge in [0.25, 0.3) is 0 Å². The Labute approximate surface area is 86.9 Å². The SMILES string of the molecule is CCN(CC)C(=N)C1(C)CCCCO1. The van der Waals surface area contributed by atoms with E-state index in [1.54, 1.807) is 0 Å². The summed E-state index contributed by atoms with van der Waals surface area (Å²) in [7, 11) is 0. The van der Waals surface area contributed by atoms with Crippen LogP contribution in [0.4, 0.5) is 0 Å². The highest BCUT2D eigenvalue weighted by atomic mass is 16.5. The molecule has 0 radical (unpaired) electrons. The van der Waals surface area contributed by atoms with Gasteiger partial charge in [-0.2, -0.15) is 0 Å². The summed E-state index contributed by atoms with van der Waals surface area (Å²) >= 11 is 0. The molecule has 1 atom stereocenters. The Kier molecular flexibility index (Phi) is 3.93. The van der Waals surface area contributed by atoms with Crippen LogP contribution in [0.5, 0.6) is 0 Å². The molecule has 3 nitrogen and oxygen atoms in total. The van der Waals surface area contributed by atoms with Crippen molar-refractivity contribution in [3.05, 3.63) is 0 Å². The predicted molar refractivity (Wildman–Crippen MR) is 58.9 cm³/mol. The molecular weight excluding hydrogens is 176 g/mol. The first-order valence-corrected chi connectivity index (χ1v) is 5.62. The lowest BCUT2D eigenvalue weighted by atomic mass is 9.94. The summed E-state index contributed by atoms with van der Waals surface area (Å²) in [6.45, 7) is 8.82. The van der Waals surface area contributed by atoms with Crippen LogP contribution in [0.2, 0.25) is 0 Å². The van der Waals surface area contributed by atoms with Gasteiger partial charge in [0.15, 0.2) is 0 Å². The molecule has 14 heavy (non-hydrogen) atoms. The van der Waals surface area contributed by atoms with Crippen molar-refractivity contribution >= 4 is 5.84 Å². The quantitative estimate of drug-likeness (QED) is 0.558. The number of hydrogen-bond donors (Lipinski definition) is 1. The largest absolute Gasteiger partial charge is 0.367 e. The Morgan fingerprint density at radius 3 is 2.43 bits per heavy atom. The number of ether oxygens (including phenoxy) is 1. The fourth-order valence-corrected chi connectivity index (χ4v) is 2.00. The molecule has 1 saturated heterocycles. The zero-order valence-electron chi connectivity index (χ0n) is 9.60. The molecule has 0 aromatic heterocycles. The predicted octanol–water partition coefficient (Wildman–Crippen LogP) is 2.26. The smallest absolute Gasteiger partial charge is 0.128 e. The van der Waals surface area contributed by atoms with Gasteiger partial charge in [-0.3, -0.25) is 5.41 Å². The van der Waals surface area contributed by atoms with Crippen LogP contribution in [0.15, 0.2) is 0 Å². The van der Waals surface area contributed by atoms with Gasteiger partial charge in [-0.15, -0.1) is 0 Å². The highest BCUT2D eigenvalue weighted by molar-refractivity contribution is 5.87. The maximum Gasteiger partial charge on any atom is 0.128 e. The Hall–Kier alpha value is -0.570. The molecule has 1 rings (SSSR count). The van der Waals surface area contributed by atoms with E-state index in [0.29, 0.717) is 5.84 Å². The normalized spacial score (nSPS) is 27.4. The average molecular weight is 198 g/mol.